The molecule has 0 saturated heterocycles. The third-order valence-electron chi connectivity index (χ3n) is 1.75. The highest BCUT2D eigenvalue weighted by atomic mass is 127. The molecule has 0 heterocycles. The SMILES string of the molecule is ISOCCOC1C=CCCC1. The lowest BCUT2D eigenvalue weighted by molar-refractivity contribution is 0.0574. The molecule has 12 heavy (non-hydrogen) atoms. The summed E-state index contributed by atoms with van der Waals surface area (Å²) in [6.07, 6.45) is 8.31. The Labute approximate surface area is 89.9 Å². The first-order valence-corrected chi connectivity index (χ1v) is 7.40. The van der Waals surface area contributed by atoms with Crippen LogP contribution in [0.5, 0.6) is 0 Å². The van der Waals surface area contributed by atoms with Gasteiger partial charge in [-0.2, -0.15) is 0 Å². The summed E-state index contributed by atoms with van der Waals surface area (Å²) in [5.74, 6) is 0. The second-order valence-corrected chi connectivity index (χ2v) is 4.09. The number of ether oxygens (including phenoxy) is 1. The number of allylic oxidation sites excluding steroid dienone is 1. The minimum Gasteiger partial charge on any atom is -0.372 e. The van der Waals surface area contributed by atoms with Crippen molar-refractivity contribution in [2.24, 2.45) is 0 Å². The van der Waals surface area contributed by atoms with Crippen molar-refractivity contribution < 1.29 is 8.92 Å². The Morgan fingerprint density at radius 3 is 3.08 bits per heavy atom. The summed E-state index contributed by atoms with van der Waals surface area (Å²) in [5.41, 5.74) is 0. The molecule has 0 amide bonds. The van der Waals surface area contributed by atoms with Gasteiger partial charge in [0.1, 0.15) is 0 Å². The lowest BCUT2D eigenvalue weighted by atomic mass is 10.1. The maximum atomic E-state index is 5.56. The van der Waals surface area contributed by atoms with Crippen LogP contribution in [-0.4, -0.2) is 19.3 Å². The van der Waals surface area contributed by atoms with Crippen LogP contribution in [0.4, 0.5) is 0 Å². The van der Waals surface area contributed by atoms with Crippen molar-refractivity contribution in [2.75, 3.05) is 13.2 Å². The molecule has 70 valence electrons. The van der Waals surface area contributed by atoms with Gasteiger partial charge in [-0.05, 0) is 19.3 Å². The molecule has 0 bridgehead atoms. The molecule has 1 aliphatic rings. The van der Waals surface area contributed by atoms with Crippen molar-refractivity contribution in [1.82, 2.24) is 0 Å². The lowest BCUT2D eigenvalue weighted by Gasteiger charge is -2.16. The normalized spacial score (nSPS) is 22.9. The van der Waals surface area contributed by atoms with Crippen LogP contribution in [0.2, 0.25) is 0 Å². The van der Waals surface area contributed by atoms with Crippen LogP contribution in [-0.2, 0) is 8.92 Å². The van der Waals surface area contributed by atoms with Crippen molar-refractivity contribution in [3.8, 4) is 0 Å². The number of hydrogen-bond acceptors (Lipinski definition) is 3. The molecule has 4 heteroatoms. The molecule has 0 radical (unpaired) electrons. The van der Waals surface area contributed by atoms with Gasteiger partial charge in [0, 0.05) is 21.2 Å². The second-order valence-electron chi connectivity index (χ2n) is 2.65. The molecule has 0 spiro atoms. The van der Waals surface area contributed by atoms with Crippen LogP contribution >= 0.6 is 30.4 Å². The standard InChI is InChI=1S/C8H13IO2S/c9-12-11-7-6-10-8-4-2-1-3-5-8/h2,4,8H,1,3,5-7H2. The van der Waals surface area contributed by atoms with Crippen molar-refractivity contribution >= 4 is 30.4 Å². The molecule has 0 saturated carbocycles. The first-order chi connectivity index (χ1) is 5.93. The molecule has 0 N–H and O–H groups in total. The molecule has 0 aromatic heterocycles. The topological polar surface area (TPSA) is 18.5 Å². The Balaban J connectivity index is 1.98. The lowest BCUT2D eigenvalue weighted by Crippen LogP contribution is -2.14. The number of hydrogen-bond donors (Lipinski definition) is 0. The third kappa shape index (κ3) is 4.69. The van der Waals surface area contributed by atoms with E-state index in [1.165, 1.54) is 22.1 Å². The van der Waals surface area contributed by atoms with Crippen LogP contribution in [0.1, 0.15) is 19.3 Å². The van der Waals surface area contributed by atoms with Gasteiger partial charge in [-0.3, -0.25) is 0 Å². The first-order valence-electron chi connectivity index (χ1n) is 4.12. The van der Waals surface area contributed by atoms with Crippen molar-refractivity contribution in [2.45, 2.75) is 25.4 Å². The van der Waals surface area contributed by atoms with Gasteiger partial charge >= 0.3 is 0 Å². The predicted molar refractivity (Wildman–Crippen MR) is 60.3 cm³/mol. The summed E-state index contributed by atoms with van der Waals surface area (Å²) < 4.78 is 10.6. The molecular formula is C8H13IO2S. The second kappa shape index (κ2) is 7.17. The molecule has 1 unspecified atom stereocenters. The maximum absolute atomic E-state index is 5.56. The van der Waals surface area contributed by atoms with E-state index in [2.05, 4.69) is 33.4 Å². The van der Waals surface area contributed by atoms with Gasteiger partial charge in [-0.25, -0.2) is 0 Å². The zero-order valence-corrected chi connectivity index (χ0v) is 9.84. The molecule has 2 nitrogen and oxygen atoms in total. The quantitative estimate of drug-likeness (QED) is 0.336. The highest BCUT2D eigenvalue weighted by molar-refractivity contribution is 14.2. The van der Waals surface area contributed by atoms with Gasteiger partial charge < -0.3 is 8.92 Å². The minimum atomic E-state index is 0.335. The van der Waals surface area contributed by atoms with Gasteiger partial charge in [-0.15, -0.1) is 0 Å². The summed E-state index contributed by atoms with van der Waals surface area (Å²) >= 11 is 2.11. The smallest absolute Gasteiger partial charge is 0.0857 e. The van der Waals surface area contributed by atoms with Crippen molar-refractivity contribution in [1.29, 1.82) is 0 Å². The highest BCUT2D eigenvalue weighted by Crippen LogP contribution is 2.14. The zero-order chi connectivity index (χ0) is 8.65. The Morgan fingerprint density at radius 1 is 1.50 bits per heavy atom. The molecule has 1 aliphatic carbocycles. The minimum absolute atomic E-state index is 0.335. The number of rotatable bonds is 5. The summed E-state index contributed by atoms with van der Waals surface area (Å²) in [7, 11) is 1.36. The van der Waals surface area contributed by atoms with Crippen LogP contribution in [0.15, 0.2) is 12.2 Å². The Kier molecular flexibility index (Phi) is 6.47. The molecule has 1 atom stereocenters. The summed E-state index contributed by atoms with van der Waals surface area (Å²) in [5, 5.41) is 0. The number of halogens is 1. The average molecular weight is 300 g/mol. The Morgan fingerprint density at radius 2 is 2.42 bits per heavy atom. The molecule has 0 fully saturated rings. The van der Waals surface area contributed by atoms with Crippen LogP contribution < -0.4 is 0 Å². The van der Waals surface area contributed by atoms with Gasteiger partial charge in [0.15, 0.2) is 0 Å². The van der Waals surface area contributed by atoms with Gasteiger partial charge in [0.05, 0.1) is 28.5 Å². The largest absolute Gasteiger partial charge is 0.372 e. The summed E-state index contributed by atoms with van der Waals surface area (Å²) in [6, 6.07) is 0. The zero-order valence-electron chi connectivity index (χ0n) is 6.87. The van der Waals surface area contributed by atoms with E-state index in [-0.39, 0.29) is 0 Å². The van der Waals surface area contributed by atoms with Gasteiger partial charge in [-0.1, -0.05) is 12.2 Å². The van der Waals surface area contributed by atoms with E-state index in [0.29, 0.717) is 19.3 Å². The Bertz CT molecular complexity index is 141. The van der Waals surface area contributed by atoms with E-state index in [1.807, 2.05) is 0 Å². The Hall–Kier alpha value is 0.740. The van der Waals surface area contributed by atoms with Gasteiger partial charge in [0.25, 0.3) is 0 Å². The monoisotopic (exact) mass is 300 g/mol. The van der Waals surface area contributed by atoms with Crippen molar-refractivity contribution in [3.05, 3.63) is 12.2 Å². The van der Waals surface area contributed by atoms with Crippen LogP contribution in [0, 0.1) is 0 Å². The molecular weight excluding hydrogens is 287 g/mol. The molecule has 0 aromatic rings. The molecule has 0 aliphatic heterocycles. The molecule has 1 rings (SSSR count). The van der Waals surface area contributed by atoms with E-state index in [4.69, 9.17) is 8.92 Å². The van der Waals surface area contributed by atoms with E-state index in [9.17, 15) is 0 Å². The maximum Gasteiger partial charge on any atom is 0.0857 e. The van der Waals surface area contributed by atoms with Crippen molar-refractivity contribution in [3.63, 3.8) is 0 Å². The fourth-order valence-corrected chi connectivity index (χ4v) is 1.86. The fraction of sp³-hybridized carbons (Fsp3) is 0.750. The predicted octanol–water partition coefficient (Wildman–Crippen LogP) is 3.13. The summed E-state index contributed by atoms with van der Waals surface area (Å²) in [6.45, 7) is 1.38. The fourth-order valence-electron chi connectivity index (χ4n) is 1.19. The first kappa shape index (κ1) is 10.8. The van der Waals surface area contributed by atoms with E-state index < -0.39 is 0 Å². The van der Waals surface area contributed by atoms with E-state index in [0.717, 1.165) is 6.42 Å². The highest BCUT2D eigenvalue weighted by Gasteiger charge is 2.07. The van der Waals surface area contributed by atoms with E-state index >= 15 is 0 Å². The van der Waals surface area contributed by atoms with E-state index in [1.54, 1.807) is 0 Å². The third-order valence-corrected chi connectivity index (χ3v) is 2.77. The van der Waals surface area contributed by atoms with Crippen LogP contribution in [0.25, 0.3) is 0 Å². The average Bonchev–Trinajstić information content (AvgIpc) is 2.14. The van der Waals surface area contributed by atoms with Gasteiger partial charge in [0.2, 0.25) is 0 Å². The summed E-state index contributed by atoms with van der Waals surface area (Å²) in [4.78, 5) is 0. The molecule has 0 aromatic carbocycles. The van der Waals surface area contributed by atoms with Crippen LogP contribution in [0.3, 0.4) is 0 Å².